The van der Waals surface area contributed by atoms with E-state index in [0.717, 1.165) is 49.7 Å². The predicted molar refractivity (Wildman–Crippen MR) is 115 cm³/mol. The fraction of sp³-hybridized carbons (Fsp3) is 0.286. The van der Waals surface area contributed by atoms with Gasteiger partial charge in [0.2, 0.25) is 0 Å². The first-order valence-electron chi connectivity index (χ1n) is 9.82. The molecule has 1 fully saturated rings. The average molecular weight is 405 g/mol. The highest BCUT2D eigenvalue weighted by atomic mass is 16.6. The van der Waals surface area contributed by atoms with Gasteiger partial charge in [-0.25, -0.2) is 14.6 Å². The molecule has 3 heterocycles. The molecule has 4 rings (SSSR count). The number of piperazine rings is 1. The first kappa shape index (κ1) is 19.7. The summed E-state index contributed by atoms with van der Waals surface area (Å²) in [6.45, 7) is 6.34. The summed E-state index contributed by atoms with van der Waals surface area (Å²) in [6.07, 6.45) is 9.44. The fourth-order valence-corrected chi connectivity index (χ4v) is 3.51. The summed E-state index contributed by atoms with van der Waals surface area (Å²) in [4.78, 5) is 23.7. The summed E-state index contributed by atoms with van der Waals surface area (Å²) in [7, 11) is 0. The Hall–Kier alpha value is -3.59. The minimum atomic E-state index is -0.349. The van der Waals surface area contributed by atoms with Crippen LogP contribution < -0.4 is 4.90 Å². The van der Waals surface area contributed by atoms with E-state index in [-0.39, 0.29) is 10.6 Å². The number of rotatable bonds is 6. The van der Waals surface area contributed by atoms with Crippen molar-refractivity contribution >= 4 is 17.5 Å². The third kappa shape index (κ3) is 4.36. The van der Waals surface area contributed by atoms with Crippen molar-refractivity contribution in [2.75, 3.05) is 37.6 Å². The summed E-state index contributed by atoms with van der Waals surface area (Å²) in [5.41, 5.74) is 3.07. The molecule has 0 bridgehead atoms. The number of aromatic nitrogens is 4. The van der Waals surface area contributed by atoms with E-state index in [0.29, 0.717) is 5.95 Å². The van der Waals surface area contributed by atoms with Gasteiger partial charge in [0.05, 0.1) is 16.8 Å². The highest BCUT2D eigenvalue weighted by Crippen LogP contribution is 2.22. The molecule has 1 aliphatic rings. The van der Waals surface area contributed by atoms with Crippen LogP contribution in [-0.2, 0) is 0 Å². The van der Waals surface area contributed by atoms with Gasteiger partial charge in [-0.15, -0.1) is 0 Å². The van der Waals surface area contributed by atoms with E-state index in [1.165, 1.54) is 6.07 Å². The first-order valence-corrected chi connectivity index (χ1v) is 9.82. The maximum Gasteiger partial charge on any atom is 0.271 e. The smallest absolute Gasteiger partial charge is 0.271 e. The third-order valence-electron chi connectivity index (χ3n) is 5.23. The maximum absolute atomic E-state index is 11.0. The van der Waals surface area contributed by atoms with Crippen molar-refractivity contribution in [3.63, 3.8) is 0 Å². The molecule has 0 amide bonds. The lowest BCUT2D eigenvalue weighted by Crippen LogP contribution is -2.46. The number of hydrogen-bond acceptors (Lipinski definition) is 7. The number of nitrogens with zero attached hydrogens (tertiary/aromatic N) is 7. The topological polar surface area (TPSA) is 93.2 Å². The molecular weight excluding hydrogens is 382 g/mol. The van der Waals surface area contributed by atoms with Gasteiger partial charge in [-0.1, -0.05) is 18.2 Å². The minimum absolute atomic E-state index is 0.134. The maximum atomic E-state index is 11.0. The number of nitro benzene ring substituents is 1. The zero-order chi connectivity index (χ0) is 20.9. The second-order valence-corrected chi connectivity index (χ2v) is 7.11. The van der Waals surface area contributed by atoms with E-state index < -0.39 is 0 Å². The highest BCUT2D eigenvalue weighted by Gasteiger charge is 2.18. The van der Waals surface area contributed by atoms with Crippen LogP contribution in [0.15, 0.2) is 55.0 Å². The van der Waals surface area contributed by atoms with Crippen molar-refractivity contribution in [2.24, 2.45) is 0 Å². The molecular formula is C21H23N7O2. The lowest BCUT2D eigenvalue weighted by molar-refractivity contribution is -0.384. The molecule has 9 heteroatoms. The van der Waals surface area contributed by atoms with E-state index in [4.69, 9.17) is 0 Å². The van der Waals surface area contributed by atoms with Crippen molar-refractivity contribution in [2.45, 2.75) is 6.92 Å². The Morgan fingerprint density at radius 1 is 1.13 bits per heavy atom. The van der Waals surface area contributed by atoms with Crippen LogP contribution in [0, 0.1) is 17.0 Å². The summed E-state index contributed by atoms with van der Waals surface area (Å²) in [5, 5.41) is 15.4. The van der Waals surface area contributed by atoms with Crippen LogP contribution >= 0.6 is 0 Å². The molecule has 30 heavy (non-hydrogen) atoms. The van der Waals surface area contributed by atoms with E-state index in [1.807, 2.05) is 19.2 Å². The molecule has 1 aromatic carbocycles. The number of benzene rings is 1. The molecule has 1 aliphatic heterocycles. The zero-order valence-corrected chi connectivity index (χ0v) is 16.8. The van der Waals surface area contributed by atoms with E-state index in [9.17, 15) is 10.1 Å². The Kier molecular flexibility index (Phi) is 5.80. The Balaban J connectivity index is 1.32. The van der Waals surface area contributed by atoms with E-state index in [1.54, 1.807) is 35.3 Å². The van der Waals surface area contributed by atoms with Crippen molar-refractivity contribution in [1.29, 1.82) is 0 Å². The molecule has 0 unspecified atom stereocenters. The molecule has 3 aromatic rings. The molecule has 0 N–H and O–H groups in total. The molecule has 0 spiro atoms. The van der Waals surface area contributed by atoms with Gasteiger partial charge in [-0.2, -0.15) is 5.10 Å². The van der Waals surface area contributed by atoms with Crippen LogP contribution in [0.5, 0.6) is 0 Å². The van der Waals surface area contributed by atoms with Crippen LogP contribution in [0.2, 0.25) is 0 Å². The van der Waals surface area contributed by atoms with Crippen LogP contribution in [-0.4, -0.2) is 62.3 Å². The van der Waals surface area contributed by atoms with Crippen molar-refractivity contribution < 1.29 is 4.92 Å². The van der Waals surface area contributed by atoms with Gasteiger partial charge in [0.1, 0.15) is 0 Å². The standard InChI is InChI=1S/C21H23N7O2/c1-17-18(16-24-27(17)21-22-8-4-9-23-21)5-3-10-25-11-13-26(14-12-25)19-6-2-7-20(15-19)28(29)30/h2-9,15-16H,10-14H2,1H3/b5-3+. The van der Waals surface area contributed by atoms with Crippen LogP contribution in [0.1, 0.15) is 11.3 Å². The van der Waals surface area contributed by atoms with Crippen molar-refractivity contribution in [1.82, 2.24) is 24.6 Å². The molecule has 9 nitrogen and oxygen atoms in total. The summed E-state index contributed by atoms with van der Waals surface area (Å²) in [5.74, 6) is 0.562. The quantitative estimate of drug-likeness (QED) is 0.460. The van der Waals surface area contributed by atoms with Crippen molar-refractivity contribution in [3.8, 4) is 5.95 Å². The highest BCUT2D eigenvalue weighted by molar-refractivity contribution is 5.54. The second-order valence-electron chi connectivity index (χ2n) is 7.11. The second kappa shape index (κ2) is 8.83. The fourth-order valence-electron chi connectivity index (χ4n) is 3.51. The SMILES string of the molecule is Cc1c(/C=C/CN2CCN(c3cccc([N+](=O)[O-])c3)CC2)cnn1-c1ncccn1. The number of anilines is 1. The lowest BCUT2D eigenvalue weighted by atomic mass is 10.2. The van der Waals surface area contributed by atoms with Gasteiger partial charge in [-0.05, 0) is 19.1 Å². The minimum Gasteiger partial charge on any atom is -0.369 e. The summed E-state index contributed by atoms with van der Waals surface area (Å²) >= 11 is 0. The van der Waals surface area contributed by atoms with Crippen LogP contribution in [0.3, 0.4) is 0 Å². The number of non-ortho nitro benzene ring substituents is 1. The largest absolute Gasteiger partial charge is 0.369 e. The predicted octanol–water partition coefficient (Wildman–Crippen LogP) is 2.71. The Bertz CT molecular complexity index is 1040. The Labute approximate surface area is 174 Å². The molecule has 0 aliphatic carbocycles. The van der Waals surface area contributed by atoms with Gasteiger partial charge < -0.3 is 4.90 Å². The Morgan fingerprint density at radius 2 is 1.90 bits per heavy atom. The lowest BCUT2D eigenvalue weighted by Gasteiger charge is -2.35. The van der Waals surface area contributed by atoms with E-state index >= 15 is 0 Å². The Morgan fingerprint density at radius 3 is 2.63 bits per heavy atom. The zero-order valence-electron chi connectivity index (χ0n) is 16.8. The third-order valence-corrected chi connectivity index (χ3v) is 5.23. The molecule has 0 atom stereocenters. The molecule has 154 valence electrons. The summed E-state index contributed by atoms with van der Waals surface area (Å²) < 4.78 is 1.73. The molecule has 0 saturated carbocycles. The normalized spacial score (nSPS) is 15.0. The van der Waals surface area contributed by atoms with Crippen LogP contribution in [0.25, 0.3) is 12.0 Å². The molecule has 1 saturated heterocycles. The molecule has 0 radical (unpaired) electrons. The first-order chi connectivity index (χ1) is 14.6. The molecule has 2 aromatic heterocycles. The van der Waals surface area contributed by atoms with Gasteiger partial charge in [-0.3, -0.25) is 15.0 Å². The van der Waals surface area contributed by atoms with Gasteiger partial charge in [0.25, 0.3) is 11.6 Å². The van der Waals surface area contributed by atoms with E-state index in [2.05, 4.69) is 37.0 Å². The monoisotopic (exact) mass is 405 g/mol. The number of nitro groups is 1. The van der Waals surface area contributed by atoms with Gasteiger partial charge >= 0.3 is 0 Å². The van der Waals surface area contributed by atoms with Crippen molar-refractivity contribution in [3.05, 3.63) is 76.4 Å². The summed E-state index contributed by atoms with van der Waals surface area (Å²) in [6, 6.07) is 8.62. The average Bonchev–Trinajstić information content (AvgIpc) is 3.15. The number of hydrogen-bond donors (Lipinski definition) is 0. The van der Waals surface area contributed by atoms with Crippen LogP contribution in [0.4, 0.5) is 11.4 Å². The van der Waals surface area contributed by atoms with Gasteiger partial charge in [0.15, 0.2) is 0 Å². The van der Waals surface area contributed by atoms with Gasteiger partial charge in [0, 0.05) is 68.5 Å².